The Labute approximate surface area is 159 Å². The van der Waals surface area contributed by atoms with Crippen molar-refractivity contribution in [1.29, 1.82) is 0 Å². The third-order valence-corrected chi connectivity index (χ3v) is 5.67. The third kappa shape index (κ3) is 5.60. The van der Waals surface area contributed by atoms with E-state index in [4.69, 9.17) is 4.74 Å². The summed E-state index contributed by atoms with van der Waals surface area (Å²) in [6.07, 6.45) is 8.42. The van der Waals surface area contributed by atoms with Gasteiger partial charge in [0.15, 0.2) is 0 Å². The van der Waals surface area contributed by atoms with Crippen LogP contribution >= 0.6 is 0 Å². The molecule has 0 spiro atoms. The van der Waals surface area contributed by atoms with Gasteiger partial charge in [0.2, 0.25) is 0 Å². The largest absolute Gasteiger partial charge is 0.489 e. The first-order valence-electron chi connectivity index (χ1n) is 10.2. The minimum Gasteiger partial charge on any atom is -0.489 e. The zero-order valence-corrected chi connectivity index (χ0v) is 16.3. The first-order chi connectivity index (χ1) is 12.7. The number of ether oxygens (including phenoxy) is 1. The molecular weight excluding hydrogens is 318 g/mol. The number of aryl methyl sites for hydroxylation is 1. The smallest absolute Gasteiger partial charge is 0.124 e. The van der Waals surface area contributed by atoms with E-state index in [9.17, 15) is 0 Å². The number of hydrogen-bond donors (Lipinski definition) is 1. The minimum atomic E-state index is 0.558. The second kappa shape index (κ2) is 9.78. The normalized spacial score (nSPS) is 16.4. The molecule has 140 valence electrons. The van der Waals surface area contributed by atoms with Crippen LogP contribution in [0.3, 0.4) is 0 Å². The molecule has 2 aromatic carbocycles. The lowest BCUT2D eigenvalue weighted by Crippen LogP contribution is -2.28. The Morgan fingerprint density at radius 1 is 0.962 bits per heavy atom. The Balaban J connectivity index is 1.52. The molecule has 0 aliphatic heterocycles. The second-order valence-electron chi connectivity index (χ2n) is 7.84. The van der Waals surface area contributed by atoms with E-state index in [1.165, 1.54) is 55.2 Å². The summed E-state index contributed by atoms with van der Waals surface area (Å²) in [6, 6.07) is 17.4. The molecule has 0 bridgehead atoms. The molecule has 1 aliphatic carbocycles. The maximum Gasteiger partial charge on any atom is 0.124 e. The Morgan fingerprint density at radius 2 is 1.65 bits per heavy atom. The average molecular weight is 352 g/mol. The van der Waals surface area contributed by atoms with E-state index in [0.717, 1.165) is 18.2 Å². The van der Waals surface area contributed by atoms with Gasteiger partial charge in [-0.25, -0.2) is 0 Å². The van der Waals surface area contributed by atoms with Gasteiger partial charge < -0.3 is 10.1 Å². The topological polar surface area (TPSA) is 21.3 Å². The SMILES string of the molecule is Cc1ccccc1COc1ccccc1CNC(C)CC1CCCCC1. The fourth-order valence-corrected chi connectivity index (χ4v) is 4.01. The van der Waals surface area contributed by atoms with Gasteiger partial charge >= 0.3 is 0 Å². The summed E-state index contributed by atoms with van der Waals surface area (Å²) in [4.78, 5) is 0. The number of para-hydroxylation sites is 1. The highest BCUT2D eigenvalue weighted by molar-refractivity contribution is 5.34. The molecule has 1 atom stereocenters. The number of rotatable bonds is 8. The van der Waals surface area contributed by atoms with E-state index < -0.39 is 0 Å². The summed E-state index contributed by atoms with van der Waals surface area (Å²) in [5.41, 5.74) is 3.78. The molecule has 1 fully saturated rings. The maximum atomic E-state index is 6.15. The van der Waals surface area contributed by atoms with E-state index in [2.05, 4.69) is 67.7 Å². The lowest BCUT2D eigenvalue weighted by molar-refractivity contribution is 0.294. The summed E-state index contributed by atoms with van der Waals surface area (Å²) in [5.74, 6) is 1.91. The maximum absolute atomic E-state index is 6.15. The lowest BCUT2D eigenvalue weighted by atomic mass is 9.85. The predicted molar refractivity (Wildman–Crippen MR) is 109 cm³/mol. The molecule has 1 aliphatic rings. The molecule has 1 saturated carbocycles. The van der Waals surface area contributed by atoms with Crippen LogP contribution in [0.4, 0.5) is 0 Å². The lowest BCUT2D eigenvalue weighted by Gasteiger charge is -2.25. The molecule has 2 heteroatoms. The molecule has 2 aromatic rings. The quantitative estimate of drug-likeness (QED) is 0.627. The zero-order chi connectivity index (χ0) is 18.2. The standard InChI is InChI=1S/C24H33NO/c1-19-10-6-7-14-23(19)18-26-24-15-9-8-13-22(24)17-25-20(2)16-21-11-4-3-5-12-21/h6-10,13-15,20-21,25H,3-5,11-12,16-18H2,1-2H3. The average Bonchev–Trinajstić information content (AvgIpc) is 2.67. The number of nitrogens with one attached hydrogen (secondary N) is 1. The monoisotopic (exact) mass is 351 g/mol. The molecule has 2 nitrogen and oxygen atoms in total. The van der Waals surface area contributed by atoms with Gasteiger partial charge in [-0.3, -0.25) is 0 Å². The molecule has 0 aromatic heterocycles. The summed E-state index contributed by atoms with van der Waals surface area (Å²) in [5, 5.41) is 3.72. The van der Waals surface area contributed by atoms with Crippen molar-refractivity contribution in [3.05, 3.63) is 65.2 Å². The van der Waals surface area contributed by atoms with E-state index >= 15 is 0 Å². The first kappa shape index (κ1) is 19.0. The Hall–Kier alpha value is -1.80. The highest BCUT2D eigenvalue weighted by Gasteiger charge is 2.16. The van der Waals surface area contributed by atoms with Crippen LogP contribution in [0.2, 0.25) is 0 Å². The van der Waals surface area contributed by atoms with Crippen LogP contribution in [0.1, 0.15) is 62.1 Å². The molecule has 0 amide bonds. The van der Waals surface area contributed by atoms with E-state index in [-0.39, 0.29) is 0 Å². The van der Waals surface area contributed by atoms with Gasteiger partial charge in [-0.2, -0.15) is 0 Å². The predicted octanol–water partition coefficient (Wildman–Crippen LogP) is 6.02. The highest BCUT2D eigenvalue weighted by Crippen LogP contribution is 2.27. The summed E-state index contributed by atoms with van der Waals surface area (Å²) >= 11 is 0. The summed E-state index contributed by atoms with van der Waals surface area (Å²) in [6.45, 7) is 5.96. The van der Waals surface area contributed by atoms with E-state index in [1.54, 1.807) is 0 Å². The second-order valence-corrected chi connectivity index (χ2v) is 7.84. The van der Waals surface area contributed by atoms with E-state index in [0.29, 0.717) is 12.6 Å². The van der Waals surface area contributed by atoms with Crippen molar-refractivity contribution < 1.29 is 4.74 Å². The number of hydrogen-bond acceptors (Lipinski definition) is 2. The molecule has 26 heavy (non-hydrogen) atoms. The fourth-order valence-electron chi connectivity index (χ4n) is 4.01. The molecule has 3 rings (SSSR count). The van der Waals surface area contributed by atoms with Gasteiger partial charge in [-0.05, 0) is 43.4 Å². The van der Waals surface area contributed by atoms with Gasteiger partial charge in [0.05, 0.1) is 0 Å². The minimum absolute atomic E-state index is 0.558. The van der Waals surface area contributed by atoms with Crippen LogP contribution in [0.5, 0.6) is 5.75 Å². The molecule has 0 radical (unpaired) electrons. The summed E-state index contributed by atoms with van der Waals surface area (Å²) in [7, 11) is 0. The highest BCUT2D eigenvalue weighted by atomic mass is 16.5. The Morgan fingerprint density at radius 3 is 2.42 bits per heavy atom. The van der Waals surface area contributed by atoms with Gasteiger partial charge in [0, 0.05) is 18.2 Å². The van der Waals surface area contributed by atoms with Gasteiger partial charge in [-0.15, -0.1) is 0 Å². The molecule has 1 N–H and O–H groups in total. The van der Waals surface area contributed by atoms with Crippen LogP contribution in [0.15, 0.2) is 48.5 Å². The zero-order valence-electron chi connectivity index (χ0n) is 16.3. The van der Waals surface area contributed by atoms with Crippen LogP contribution in [-0.2, 0) is 13.2 Å². The van der Waals surface area contributed by atoms with Gasteiger partial charge in [-0.1, -0.05) is 74.6 Å². The van der Waals surface area contributed by atoms with Gasteiger partial charge in [0.1, 0.15) is 12.4 Å². The molecule has 1 unspecified atom stereocenters. The molecule has 0 saturated heterocycles. The fraction of sp³-hybridized carbons (Fsp3) is 0.500. The number of benzene rings is 2. The van der Waals surface area contributed by atoms with Crippen molar-refractivity contribution in [2.75, 3.05) is 0 Å². The first-order valence-corrected chi connectivity index (χ1v) is 10.2. The molecule has 0 heterocycles. The van der Waals surface area contributed by atoms with E-state index in [1.807, 2.05) is 0 Å². The van der Waals surface area contributed by atoms with Gasteiger partial charge in [0.25, 0.3) is 0 Å². The Bertz CT molecular complexity index is 675. The van der Waals surface area contributed by atoms with Crippen molar-refractivity contribution in [2.45, 2.75) is 71.6 Å². The summed E-state index contributed by atoms with van der Waals surface area (Å²) < 4.78 is 6.15. The Kier molecular flexibility index (Phi) is 7.13. The van der Waals surface area contributed by atoms with Crippen LogP contribution < -0.4 is 10.1 Å². The van der Waals surface area contributed by atoms with Crippen molar-refractivity contribution in [3.8, 4) is 5.75 Å². The van der Waals surface area contributed by atoms with Crippen molar-refractivity contribution in [1.82, 2.24) is 5.32 Å². The van der Waals surface area contributed by atoms with Crippen molar-refractivity contribution in [2.24, 2.45) is 5.92 Å². The third-order valence-electron chi connectivity index (χ3n) is 5.67. The molecular formula is C24H33NO. The van der Waals surface area contributed by atoms with Crippen molar-refractivity contribution >= 4 is 0 Å². The van der Waals surface area contributed by atoms with Crippen LogP contribution in [-0.4, -0.2) is 6.04 Å². The van der Waals surface area contributed by atoms with Crippen LogP contribution in [0, 0.1) is 12.8 Å². The van der Waals surface area contributed by atoms with Crippen molar-refractivity contribution in [3.63, 3.8) is 0 Å². The van der Waals surface area contributed by atoms with Crippen LogP contribution in [0.25, 0.3) is 0 Å².